The van der Waals surface area contributed by atoms with Crippen LogP contribution in [0.4, 0.5) is 22.0 Å². The van der Waals surface area contributed by atoms with Crippen molar-refractivity contribution in [3.8, 4) is 11.5 Å². The summed E-state index contributed by atoms with van der Waals surface area (Å²) in [5, 5.41) is 0. The fraction of sp³-hybridized carbons (Fsp3) is 0.375. The Labute approximate surface area is 101 Å². The van der Waals surface area contributed by atoms with E-state index in [1.807, 2.05) is 0 Å². The monoisotopic (exact) mass is 321 g/mol. The Morgan fingerprint density at radius 3 is 2.35 bits per heavy atom. The van der Waals surface area contributed by atoms with Crippen LogP contribution in [0.25, 0.3) is 0 Å². The maximum absolute atomic E-state index is 12.7. The van der Waals surface area contributed by atoms with Crippen molar-refractivity contribution in [1.29, 1.82) is 0 Å². The number of ether oxygens (including phenoxy) is 2. The maximum atomic E-state index is 12.7. The number of hydrogen-bond acceptors (Lipinski definition) is 3. The third-order valence-electron chi connectivity index (χ3n) is 1.65. The van der Waals surface area contributed by atoms with E-state index in [2.05, 4.69) is 30.4 Å². The SMILES string of the molecule is COc1cnc(Br)c(OC(F)(F)F)c1C(F)F. The lowest BCUT2D eigenvalue weighted by Crippen LogP contribution is -2.19. The van der Waals surface area contributed by atoms with E-state index in [1.165, 1.54) is 0 Å². The molecule has 0 fully saturated rings. The van der Waals surface area contributed by atoms with Crippen LogP contribution in [0.1, 0.15) is 12.0 Å². The highest BCUT2D eigenvalue weighted by Crippen LogP contribution is 2.42. The first-order valence-electron chi connectivity index (χ1n) is 4.02. The first-order valence-corrected chi connectivity index (χ1v) is 4.82. The minimum absolute atomic E-state index is 0.481. The Balaban J connectivity index is 3.34. The van der Waals surface area contributed by atoms with Crippen molar-refractivity contribution in [3.05, 3.63) is 16.4 Å². The van der Waals surface area contributed by atoms with Gasteiger partial charge in [0.25, 0.3) is 6.43 Å². The molecule has 0 atom stereocenters. The van der Waals surface area contributed by atoms with Crippen molar-refractivity contribution < 1.29 is 31.4 Å². The number of alkyl halides is 5. The summed E-state index contributed by atoms with van der Waals surface area (Å²) in [7, 11) is 1.04. The second-order valence-corrected chi connectivity index (χ2v) is 3.46. The summed E-state index contributed by atoms with van der Waals surface area (Å²) >= 11 is 2.61. The molecule has 0 aromatic carbocycles. The van der Waals surface area contributed by atoms with Gasteiger partial charge in [-0.05, 0) is 15.9 Å². The minimum atomic E-state index is -5.10. The van der Waals surface area contributed by atoms with Crippen molar-refractivity contribution in [2.75, 3.05) is 7.11 Å². The second-order valence-electron chi connectivity index (χ2n) is 2.71. The molecule has 1 aromatic rings. The molecule has 1 heterocycles. The standard InChI is InChI=1S/C8H5BrF5NO2/c1-16-3-2-15-6(9)5(4(3)7(10)11)17-8(12,13)14/h2,7H,1H3. The van der Waals surface area contributed by atoms with Gasteiger partial charge in [-0.2, -0.15) is 0 Å². The van der Waals surface area contributed by atoms with Crippen molar-refractivity contribution in [3.63, 3.8) is 0 Å². The molecule has 3 nitrogen and oxygen atoms in total. The molecule has 0 N–H and O–H groups in total. The summed E-state index contributed by atoms with van der Waals surface area (Å²) in [5.74, 6) is -1.59. The number of aromatic nitrogens is 1. The largest absolute Gasteiger partial charge is 0.573 e. The highest BCUT2D eigenvalue weighted by molar-refractivity contribution is 9.10. The van der Waals surface area contributed by atoms with Crippen molar-refractivity contribution in [2.24, 2.45) is 0 Å². The van der Waals surface area contributed by atoms with Gasteiger partial charge in [-0.3, -0.25) is 0 Å². The summed E-state index contributed by atoms with van der Waals surface area (Å²) in [5.41, 5.74) is -1.01. The lowest BCUT2D eigenvalue weighted by Gasteiger charge is -2.16. The van der Waals surface area contributed by atoms with Crippen LogP contribution >= 0.6 is 15.9 Å². The maximum Gasteiger partial charge on any atom is 0.573 e. The molecule has 1 rings (SSSR count). The molecule has 0 saturated heterocycles. The van der Waals surface area contributed by atoms with Crippen LogP contribution in [0.3, 0.4) is 0 Å². The number of pyridine rings is 1. The van der Waals surface area contributed by atoms with Gasteiger partial charge in [-0.1, -0.05) is 0 Å². The van der Waals surface area contributed by atoms with E-state index in [9.17, 15) is 22.0 Å². The zero-order valence-corrected chi connectivity index (χ0v) is 9.77. The molecule has 0 bridgehead atoms. The molecule has 9 heteroatoms. The molecule has 0 radical (unpaired) electrons. The Bertz CT molecular complexity index is 410. The molecule has 17 heavy (non-hydrogen) atoms. The van der Waals surface area contributed by atoms with Gasteiger partial charge in [-0.25, -0.2) is 13.8 Å². The summed E-state index contributed by atoms with van der Waals surface area (Å²) in [6.07, 6.45) is -7.42. The van der Waals surface area contributed by atoms with Gasteiger partial charge in [0.1, 0.15) is 15.9 Å². The molecular weight excluding hydrogens is 317 g/mol. The predicted molar refractivity (Wildman–Crippen MR) is 50.1 cm³/mol. The number of hydrogen-bond donors (Lipinski definition) is 0. The summed E-state index contributed by atoms with van der Waals surface area (Å²) in [6, 6.07) is 0. The zero-order chi connectivity index (χ0) is 13.2. The van der Waals surface area contributed by atoms with Gasteiger partial charge in [0, 0.05) is 0 Å². The molecule has 1 aromatic heterocycles. The molecule has 0 spiro atoms. The van der Waals surface area contributed by atoms with Gasteiger partial charge >= 0.3 is 6.36 Å². The first kappa shape index (κ1) is 13.9. The number of halogens is 6. The third kappa shape index (κ3) is 3.42. The molecule has 96 valence electrons. The third-order valence-corrected chi connectivity index (χ3v) is 2.21. The Morgan fingerprint density at radius 2 is 1.94 bits per heavy atom. The highest BCUT2D eigenvalue weighted by Gasteiger charge is 2.36. The number of methoxy groups -OCH3 is 1. The Hall–Kier alpha value is -1.12. The van der Waals surface area contributed by atoms with E-state index in [-0.39, 0.29) is 0 Å². The molecule has 0 saturated carbocycles. The van der Waals surface area contributed by atoms with E-state index >= 15 is 0 Å². The van der Waals surface area contributed by atoms with Crippen LogP contribution in [-0.2, 0) is 0 Å². The molecule has 0 unspecified atom stereocenters. The second kappa shape index (κ2) is 5.03. The van der Waals surface area contributed by atoms with Crippen LogP contribution in [-0.4, -0.2) is 18.5 Å². The minimum Gasteiger partial charge on any atom is -0.494 e. The molecule has 0 aliphatic carbocycles. The van der Waals surface area contributed by atoms with Gasteiger partial charge < -0.3 is 9.47 Å². The fourth-order valence-corrected chi connectivity index (χ4v) is 1.45. The zero-order valence-electron chi connectivity index (χ0n) is 8.19. The van der Waals surface area contributed by atoms with Crippen LogP contribution in [0.15, 0.2) is 10.8 Å². The van der Waals surface area contributed by atoms with Gasteiger partial charge in [0.05, 0.1) is 13.3 Å². The normalized spacial score (nSPS) is 11.8. The predicted octanol–water partition coefficient (Wildman–Crippen LogP) is 3.69. The van der Waals surface area contributed by atoms with Gasteiger partial charge in [0.15, 0.2) is 5.75 Å². The van der Waals surface area contributed by atoms with Crippen molar-refractivity contribution in [1.82, 2.24) is 4.98 Å². The van der Waals surface area contributed by atoms with Gasteiger partial charge in [-0.15, -0.1) is 13.2 Å². The van der Waals surface area contributed by atoms with E-state index < -0.39 is 34.5 Å². The van der Waals surface area contributed by atoms with Crippen molar-refractivity contribution >= 4 is 15.9 Å². The van der Waals surface area contributed by atoms with Crippen molar-refractivity contribution in [2.45, 2.75) is 12.8 Å². The summed E-state index contributed by atoms with van der Waals surface area (Å²) < 4.78 is 69.0. The Kier molecular flexibility index (Phi) is 4.12. The fourth-order valence-electron chi connectivity index (χ4n) is 1.05. The lowest BCUT2D eigenvalue weighted by molar-refractivity contribution is -0.275. The number of rotatable bonds is 3. The van der Waals surface area contributed by atoms with E-state index in [1.54, 1.807) is 0 Å². The molecule has 0 aliphatic heterocycles. The molecular formula is C8H5BrF5NO2. The van der Waals surface area contributed by atoms with E-state index in [0.29, 0.717) is 0 Å². The summed E-state index contributed by atoms with van der Waals surface area (Å²) in [4.78, 5) is 3.41. The van der Waals surface area contributed by atoms with Crippen LogP contribution in [0.5, 0.6) is 11.5 Å². The average molecular weight is 322 g/mol. The van der Waals surface area contributed by atoms with E-state index in [4.69, 9.17) is 0 Å². The number of nitrogens with zero attached hydrogens (tertiary/aromatic N) is 1. The van der Waals surface area contributed by atoms with E-state index in [0.717, 1.165) is 13.3 Å². The first-order chi connectivity index (χ1) is 7.76. The topological polar surface area (TPSA) is 31.4 Å². The molecule has 0 aliphatic rings. The Morgan fingerprint density at radius 1 is 1.35 bits per heavy atom. The van der Waals surface area contributed by atoms with Crippen LogP contribution < -0.4 is 9.47 Å². The smallest absolute Gasteiger partial charge is 0.494 e. The van der Waals surface area contributed by atoms with Gasteiger partial charge in [0.2, 0.25) is 0 Å². The lowest BCUT2D eigenvalue weighted by atomic mass is 10.2. The highest BCUT2D eigenvalue weighted by atomic mass is 79.9. The summed E-state index contributed by atoms with van der Waals surface area (Å²) in [6.45, 7) is 0. The van der Waals surface area contributed by atoms with Crippen LogP contribution in [0, 0.1) is 0 Å². The quantitative estimate of drug-likeness (QED) is 0.628. The average Bonchev–Trinajstić information content (AvgIpc) is 2.18. The molecule has 0 amide bonds. The van der Waals surface area contributed by atoms with Crippen LogP contribution in [0.2, 0.25) is 0 Å².